The van der Waals surface area contributed by atoms with E-state index in [0.717, 1.165) is 16.7 Å². The Morgan fingerprint density at radius 2 is 1.87 bits per heavy atom. The summed E-state index contributed by atoms with van der Waals surface area (Å²) in [6.45, 7) is 2.12. The monoisotopic (exact) mass is 442 g/mol. The topological polar surface area (TPSA) is 94.2 Å². The highest BCUT2D eigenvalue weighted by molar-refractivity contribution is 8.18. The minimum Gasteiger partial charge on any atom is -0.493 e. The van der Waals surface area contributed by atoms with E-state index >= 15 is 0 Å². The maximum Gasteiger partial charge on any atom is 0.293 e. The van der Waals surface area contributed by atoms with Crippen LogP contribution in [0.1, 0.15) is 12.5 Å². The van der Waals surface area contributed by atoms with Gasteiger partial charge in [0.2, 0.25) is 0 Å². The standard InChI is InChI=1S/C22H22N2O6S/c1-4-29-16-8-6-5-7-15(16)23-20(25)13-30-17-10-9-14(11-18(17)28-3)12-19-21(26)24(2)22(27)31-19/h5-12H,4,13H2,1-3H3,(H,23,25)/b19-12+. The van der Waals surface area contributed by atoms with Gasteiger partial charge in [-0.05, 0) is 54.6 Å². The summed E-state index contributed by atoms with van der Waals surface area (Å²) in [7, 11) is 2.91. The third kappa shape index (κ3) is 5.37. The van der Waals surface area contributed by atoms with E-state index in [1.807, 2.05) is 13.0 Å². The molecular formula is C22H22N2O6S. The second-order valence-electron chi connectivity index (χ2n) is 6.42. The Hall–Kier alpha value is -3.46. The first kappa shape index (κ1) is 22.2. The van der Waals surface area contributed by atoms with Crippen LogP contribution in [0.5, 0.6) is 17.2 Å². The van der Waals surface area contributed by atoms with Crippen molar-refractivity contribution in [1.82, 2.24) is 4.90 Å². The Labute approximate surface area is 184 Å². The third-order valence-electron chi connectivity index (χ3n) is 4.29. The van der Waals surface area contributed by atoms with Crippen molar-refractivity contribution in [3.8, 4) is 17.2 Å². The first-order valence-electron chi connectivity index (χ1n) is 9.47. The van der Waals surface area contributed by atoms with Gasteiger partial charge < -0.3 is 19.5 Å². The average molecular weight is 442 g/mol. The summed E-state index contributed by atoms with van der Waals surface area (Å²) in [6.07, 6.45) is 1.61. The van der Waals surface area contributed by atoms with E-state index in [1.165, 1.54) is 14.2 Å². The predicted octanol–water partition coefficient (Wildman–Crippen LogP) is 3.78. The molecule has 0 radical (unpaired) electrons. The molecule has 2 aromatic rings. The molecule has 3 rings (SSSR count). The largest absolute Gasteiger partial charge is 0.493 e. The van der Waals surface area contributed by atoms with Crippen LogP contribution < -0.4 is 19.5 Å². The summed E-state index contributed by atoms with van der Waals surface area (Å²) in [5.74, 6) is 0.647. The Morgan fingerprint density at radius 3 is 2.55 bits per heavy atom. The van der Waals surface area contributed by atoms with Gasteiger partial charge in [-0.1, -0.05) is 18.2 Å². The Morgan fingerprint density at radius 1 is 1.10 bits per heavy atom. The number of methoxy groups -OCH3 is 1. The molecule has 3 amide bonds. The lowest BCUT2D eigenvalue weighted by atomic mass is 10.2. The number of thioether (sulfide) groups is 1. The summed E-state index contributed by atoms with van der Waals surface area (Å²) in [5, 5.41) is 2.44. The van der Waals surface area contributed by atoms with Crippen LogP contribution in [0.2, 0.25) is 0 Å². The molecule has 0 aliphatic carbocycles. The minimum absolute atomic E-state index is 0.231. The molecule has 1 fully saturated rings. The number of hydrogen-bond acceptors (Lipinski definition) is 7. The van der Waals surface area contributed by atoms with Crippen LogP contribution in [0.25, 0.3) is 6.08 Å². The summed E-state index contributed by atoms with van der Waals surface area (Å²) in [5.41, 5.74) is 1.23. The van der Waals surface area contributed by atoms with Crippen molar-refractivity contribution >= 4 is 40.6 Å². The first-order valence-corrected chi connectivity index (χ1v) is 10.3. The zero-order valence-electron chi connectivity index (χ0n) is 17.3. The number of para-hydroxylation sites is 2. The minimum atomic E-state index is -0.352. The highest BCUT2D eigenvalue weighted by Crippen LogP contribution is 2.34. The third-order valence-corrected chi connectivity index (χ3v) is 5.25. The molecule has 1 aliphatic rings. The van der Waals surface area contributed by atoms with E-state index in [9.17, 15) is 14.4 Å². The fourth-order valence-corrected chi connectivity index (χ4v) is 3.60. The maximum absolute atomic E-state index is 12.3. The zero-order valence-corrected chi connectivity index (χ0v) is 18.2. The number of anilines is 1. The number of nitrogens with zero attached hydrogens (tertiary/aromatic N) is 1. The number of ether oxygens (including phenoxy) is 3. The van der Waals surface area contributed by atoms with E-state index in [-0.39, 0.29) is 23.7 Å². The Bertz CT molecular complexity index is 1040. The molecule has 0 unspecified atom stereocenters. The number of amides is 3. The molecule has 1 heterocycles. The van der Waals surface area contributed by atoms with Gasteiger partial charge in [0.15, 0.2) is 18.1 Å². The molecule has 1 N–H and O–H groups in total. The Kier molecular flexibility index (Phi) is 7.19. The van der Waals surface area contributed by atoms with Gasteiger partial charge in [-0.2, -0.15) is 0 Å². The predicted molar refractivity (Wildman–Crippen MR) is 118 cm³/mol. The van der Waals surface area contributed by atoms with Gasteiger partial charge in [0.25, 0.3) is 17.1 Å². The molecule has 0 bridgehead atoms. The van der Waals surface area contributed by atoms with Gasteiger partial charge in [-0.15, -0.1) is 0 Å². The van der Waals surface area contributed by atoms with Gasteiger partial charge in [0.1, 0.15) is 5.75 Å². The maximum atomic E-state index is 12.3. The number of carbonyl (C=O) groups excluding carboxylic acids is 3. The van der Waals surface area contributed by atoms with Crippen LogP contribution in [-0.4, -0.2) is 49.3 Å². The van der Waals surface area contributed by atoms with Crippen LogP contribution in [0, 0.1) is 0 Å². The van der Waals surface area contributed by atoms with Crippen molar-refractivity contribution in [1.29, 1.82) is 0 Å². The Balaban J connectivity index is 1.67. The highest BCUT2D eigenvalue weighted by Gasteiger charge is 2.31. The molecule has 0 saturated carbocycles. The average Bonchev–Trinajstić information content (AvgIpc) is 3.00. The second-order valence-corrected chi connectivity index (χ2v) is 7.41. The molecule has 162 valence electrons. The smallest absolute Gasteiger partial charge is 0.293 e. The zero-order chi connectivity index (χ0) is 22.4. The van der Waals surface area contributed by atoms with Crippen molar-refractivity contribution in [2.75, 3.05) is 32.7 Å². The normalized spacial score (nSPS) is 14.7. The van der Waals surface area contributed by atoms with Crippen LogP contribution in [0.15, 0.2) is 47.4 Å². The molecule has 1 saturated heterocycles. The fourth-order valence-electron chi connectivity index (χ4n) is 2.77. The number of rotatable bonds is 8. The molecule has 2 aromatic carbocycles. The fraction of sp³-hybridized carbons (Fsp3) is 0.227. The lowest BCUT2D eigenvalue weighted by Gasteiger charge is -2.13. The quantitative estimate of drug-likeness (QED) is 0.622. The number of likely N-dealkylation sites (N-methyl/N-ethyl adjacent to an activating group) is 1. The molecule has 0 aromatic heterocycles. The van der Waals surface area contributed by atoms with Crippen LogP contribution in [-0.2, 0) is 9.59 Å². The number of carbonyl (C=O) groups is 3. The van der Waals surface area contributed by atoms with E-state index in [0.29, 0.717) is 40.0 Å². The lowest BCUT2D eigenvalue weighted by Crippen LogP contribution is -2.22. The van der Waals surface area contributed by atoms with Gasteiger partial charge in [-0.25, -0.2) is 0 Å². The summed E-state index contributed by atoms with van der Waals surface area (Å²) >= 11 is 0.877. The molecule has 0 spiro atoms. The summed E-state index contributed by atoms with van der Waals surface area (Å²) < 4.78 is 16.5. The molecule has 31 heavy (non-hydrogen) atoms. The lowest BCUT2D eigenvalue weighted by molar-refractivity contribution is -0.121. The van der Waals surface area contributed by atoms with E-state index in [1.54, 1.807) is 42.5 Å². The van der Waals surface area contributed by atoms with Crippen molar-refractivity contribution in [3.63, 3.8) is 0 Å². The SMILES string of the molecule is CCOc1ccccc1NC(=O)COc1ccc(/C=C2/SC(=O)N(C)C2=O)cc1OC. The number of imide groups is 1. The van der Waals surface area contributed by atoms with E-state index < -0.39 is 0 Å². The molecule has 8 nitrogen and oxygen atoms in total. The van der Waals surface area contributed by atoms with Crippen molar-refractivity contribution < 1.29 is 28.6 Å². The highest BCUT2D eigenvalue weighted by atomic mass is 32.2. The summed E-state index contributed by atoms with van der Waals surface area (Å²) in [4.78, 5) is 37.4. The van der Waals surface area contributed by atoms with E-state index in [4.69, 9.17) is 14.2 Å². The van der Waals surface area contributed by atoms with Gasteiger partial charge in [0.05, 0.1) is 24.3 Å². The van der Waals surface area contributed by atoms with Gasteiger partial charge >= 0.3 is 0 Å². The van der Waals surface area contributed by atoms with Crippen LogP contribution >= 0.6 is 11.8 Å². The van der Waals surface area contributed by atoms with Crippen molar-refractivity contribution in [2.45, 2.75) is 6.92 Å². The molecule has 0 atom stereocenters. The van der Waals surface area contributed by atoms with E-state index in [2.05, 4.69) is 5.32 Å². The molecule has 9 heteroatoms. The molecular weight excluding hydrogens is 420 g/mol. The molecule has 1 aliphatic heterocycles. The van der Waals surface area contributed by atoms with Gasteiger partial charge in [0, 0.05) is 7.05 Å². The number of nitrogens with one attached hydrogen (secondary N) is 1. The van der Waals surface area contributed by atoms with Crippen LogP contribution in [0.4, 0.5) is 10.5 Å². The van der Waals surface area contributed by atoms with Crippen molar-refractivity contribution in [3.05, 3.63) is 52.9 Å². The van der Waals surface area contributed by atoms with Crippen molar-refractivity contribution in [2.24, 2.45) is 0 Å². The number of hydrogen-bond donors (Lipinski definition) is 1. The summed E-state index contributed by atoms with van der Waals surface area (Å²) in [6, 6.07) is 12.2. The number of benzene rings is 2. The van der Waals surface area contributed by atoms with Gasteiger partial charge in [-0.3, -0.25) is 19.3 Å². The van der Waals surface area contributed by atoms with Crippen LogP contribution in [0.3, 0.4) is 0 Å². The first-order chi connectivity index (χ1) is 14.9. The second kappa shape index (κ2) is 10.0.